The average Bonchev–Trinajstić information content (AvgIpc) is 2.46. The Morgan fingerprint density at radius 2 is 2.47 bits per heavy atom. The molecule has 0 spiro atoms. The lowest BCUT2D eigenvalue weighted by Gasteiger charge is -2.32. The normalized spacial score (nSPS) is 19.0. The molecule has 1 saturated heterocycles. The molecule has 2 N–H and O–H groups in total. The van der Waals surface area contributed by atoms with E-state index in [2.05, 4.69) is 4.98 Å². The summed E-state index contributed by atoms with van der Waals surface area (Å²) in [6.07, 6.45) is 2.68. The molecule has 0 aromatic carbocycles. The van der Waals surface area contributed by atoms with Gasteiger partial charge in [0.2, 0.25) is 0 Å². The van der Waals surface area contributed by atoms with Crippen LogP contribution in [0, 0.1) is 0 Å². The van der Waals surface area contributed by atoms with Gasteiger partial charge in [0.05, 0.1) is 32.0 Å². The number of nitrogens with zero attached hydrogens (tertiary/aromatic N) is 2. The number of aromatic nitrogens is 1. The van der Waals surface area contributed by atoms with Crippen molar-refractivity contribution < 1.29 is 14.3 Å². The zero-order chi connectivity index (χ0) is 13.8. The first-order valence-electron chi connectivity index (χ1n) is 5.81. The van der Waals surface area contributed by atoms with Crippen LogP contribution >= 0.6 is 12.2 Å². The monoisotopic (exact) mass is 281 g/mol. The van der Waals surface area contributed by atoms with Crippen LogP contribution in [0.1, 0.15) is 10.4 Å². The number of morpholine rings is 1. The Balaban J connectivity index is 2.17. The van der Waals surface area contributed by atoms with E-state index in [9.17, 15) is 4.79 Å². The van der Waals surface area contributed by atoms with Crippen LogP contribution in [0.5, 0.6) is 5.75 Å². The minimum atomic E-state index is -0.388. The van der Waals surface area contributed by atoms with Crippen molar-refractivity contribution in [2.75, 3.05) is 26.8 Å². The number of carbonyl (C=O) groups excluding carboxylic acids is 1. The molecular formula is C12H15N3O3S. The van der Waals surface area contributed by atoms with Crippen LogP contribution in [0.3, 0.4) is 0 Å². The van der Waals surface area contributed by atoms with Crippen LogP contribution in [-0.4, -0.2) is 53.7 Å². The van der Waals surface area contributed by atoms with Gasteiger partial charge in [-0.2, -0.15) is 0 Å². The quantitative estimate of drug-likeness (QED) is 0.799. The summed E-state index contributed by atoms with van der Waals surface area (Å²) in [6.45, 7) is 1.28. The van der Waals surface area contributed by atoms with Gasteiger partial charge in [0.15, 0.2) is 0 Å². The highest BCUT2D eigenvalue weighted by atomic mass is 32.1. The average molecular weight is 281 g/mol. The van der Waals surface area contributed by atoms with Gasteiger partial charge in [-0.1, -0.05) is 12.2 Å². The maximum Gasteiger partial charge on any atom is 0.257 e. The number of ether oxygens (including phenoxy) is 2. The SMILES string of the molecule is COc1cnccc1C(=O)N1CCOC(C(N)=S)C1. The Kier molecular flexibility index (Phi) is 4.28. The number of rotatable bonds is 3. The van der Waals surface area contributed by atoms with Gasteiger partial charge in [0.25, 0.3) is 5.91 Å². The van der Waals surface area contributed by atoms with Crippen LogP contribution in [0.4, 0.5) is 0 Å². The van der Waals surface area contributed by atoms with Gasteiger partial charge in [0.1, 0.15) is 16.8 Å². The van der Waals surface area contributed by atoms with Gasteiger partial charge in [-0.25, -0.2) is 0 Å². The van der Waals surface area contributed by atoms with E-state index in [4.69, 9.17) is 27.4 Å². The van der Waals surface area contributed by atoms with Crippen molar-refractivity contribution in [3.63, 3.8) is 0 Å². The van der Waals surface area contributed by atoms with Crippen molar-refractivity contribution >= 4 is 23.1 Å². The van der Waals surface area contributed by atoms with E-state index >= 15 is 0 Å². The molecule has 7 heteroatoms. The fourth-order valence-electron chi connectivity index (χ4n) is 1.90. The third-order valence-electron chi connectivity index (χ3n) is 2.91. The lowest BCUT2D eigenvalue weighted by atomic mass is 10.2. The fraction of sp³-hybridized carbons (Fsp3) is 0.417. The Labute approximate surface area is 116 Å². The summed E-state index contributed by atoms with van der Waals surface area (Å²) in [6, 6.07) is 1.63. The summed E-state index contributed by atoms with van der Waals surface area (Å²) in [4.78, 5) is 18.3. The fourth-order valence-corrected chi connectivity index (χ4v) is 2.04. The van der Waals surface area contributed by atoms with Gasteiger partial charge < -0.3 is 20.1 Å². The van der Waals surface area contributed by atoms with Crippen LogP contribution in [0.2, 0.25) is 0 Å². The van der Waals surface area contributed by atoms with Gasteiger partial charge in [-0.05, 0) is 6.07 Å². The number of carbonyl (C=O) groups is 1. The second-order valence-corrected chi connectivity index (χ2v) is 4.56. The van der Waals surface area contributed by atoms with E-state index in [1.165, 1.54) is 13.3 Å². The molecule has 1 aromatic rings. The second kappa shape index (κ2) is 5.94. The molecule has 19 heavy (non-hydrogen) atoms. The Morgan fingerprint density at radius 1 is 1.68 bits per heavy atom. The number of methoxy groups -OCH3 is 1. The third kappa shape index (κ3) is 2.99. The minimum absolute atomic E-state index is 0.135. The summed E-state index contributed by atoms with van der Waals surface area (Å²) >= 11 is 4.90. The molecule has 0 aliphatic carbocycles. The first-order chi connectivity index (χ1) is 9.13. The van der Waals surface area contributed by atoms with Crippen LogP contribution in [0.25, 0.3) is 0 Å². The molecule has 0 radical (unpaired) electrons. The van der Waals surface area contributed by atoms with Gasteiger partial charge in [-0.15, -0.1) is 0 Å². The Bertz CT molecular complexity index is 495. The molecule has 1 fully saturated rings. The maximum absolute atomic E-state index is 12.4. The largest absolute Gasteiger partial charge is 0.494 e. The standard InChI is InChI=1S/C12H15N3O3S/c1-17-9-6-14-3-2-8(9)12(16)15-4-5-18-10(7-15)11(13)19/h2-3,6,10H,4-5,7H2,1H3,(H2,13,19). The molecule has 0 bridgehead atoms. The molecule has 1 atom stereocenters. The summed E-state index contributed by atoms with van der Waals surface area (Å²) in [5, 5.41) is 0. The Hall–Kier alpha value is -1.73. The topological polar surface area (TPSA) is 77.7 Å². The molecule has 2 rings (SSSR count). The van der Waals surface area contributed by atoms with Crippen molar-refractivity contribution in [2.24, 2.45) is 5.73 Å². The molecule has 6 nitrogen and oxygen atoms in total. The van der Waals surface area contributed by atoms with E-state index in [-0.39, 0.29) is 17.0 Å². The maximum atomic E-state index is 12.4. The van der Waals surface area contributed by atoms with Gasteiger partial charge in [0, 0.05) is 12.7 Å². The number of hydrogen-bond donors (Lipinski definition) is 1. The highest BCUT2D eigenvalue weighted by Gasteiger charge is 2.27. The summed E-state index contributed by atoms with van der Waals surface area (Å²) in [7, 11) is 1.50. The number of pyridine rings is 1. The second-order valence-electron chi connectivity index (χ2n) is 4.09. The molecule has 102 valence electrons. The molecular weight excluding hydrogens is 266 g/mol. The van der Waals surface area contributed by atoms with Crippen molar-refractivity contribution in [3.8, 4) is 5.75 Å². The Morgan fingerprint density at radius 3 is 3.16 bits per heavy atom. The molecule has 1 aliphatic rings. The number of thiocarbonyl (C=S) groups is 1. The zero-order valence-electron chi connectivity index (χ0n) is 10.5. The summed E-state index contributed by atoms with van der Waals surface area (Å²) in [5.74, 6) is 0.315. The zero-order valence-corrected chi connectivity index (χ0v) is 11.4. The summed E-state index contributed by atoms with van der Waals surface area (Å²) < 4.78 is 10.5. The van der Waals surface area contributed by atoms with E-state index in [0.717, 1.165) is 0 Å². The van der Waals surface area contributed by atoms with Crippen LogP contribution in [0.15, 0.2) is 18.5 Å². The lowest BCUT2D eigenvalue weighted by molar-refractivity contribution is 0.00864. The molecule has 1 unspecified atom stereocenters. The van der Waals surface area contributed by atoms with Gasteiger partial charge in [-0.3, -0.25) is 9.78 Å². The predicted molar refractivity (Wildman–Crippen MR) is 73.2 cm³/mol. The van der Waals surface area contributed by atoms with Crippen molar-refractivity contribution in [1.29, 1.82) is 0 Å². The van der Waals surface area contributed by atoms with Gasteiger partial charge >= 0.3 is 0 Å². The van der Waals surface area contributed by atoms with Crippen LogP contribution in [-0.2, 0) is 4.74 Å². The molecule has 1 aliphatic heterocycles. The van der Waals surface area contributed by atoms with E-state index in [0.29, 0.717) is 31.0 Å². The third-order valence-corrected chi connectivity index (χ3v) is 3.17. The number of hydrogen-bond acceptors (Lipinski definition) is 5. The number of nitrogens with two attached hydrogens (primary N) is 1. The first-order valence-corrected chi connectivity index (χ1v) is 6.22. The highest BCUT2D eigenvalue weighted by molar-refractivity contribution is 7.80. The molecule has 2 heterocycles. The molecule has 1 amide bonds. The minimum Gasteiger partial charge on any atom is -0.494 e. The van der Waals surface area contributed by atoms with Crippen molar-refractivity contribution in [2.45, 2.75) is 6.10 Å². The van der Waals surface area contributed by atoms with E-state index in [1.54, 1.807) is 17.2 Å². The molecule has 1 aromatic heterocycles. The smallest absolute Gasteiger partial charge is 0.257 e. The van der Waals surface area contributed by atoms with E-state index < -0.39 is 0 Å². The van der Waals surface area contributed by atoms with Crippen molar-refractivity contribution in [3.05, 3.63) is 24.0 Å². The lowest BCUT2D eigenvalue weighted by Crippen LogP contribution is -2.50. The predicted octanol–water partition coefficient (Wildman–Crippen LogP) is 0.217. The molecule has 0 saturated carbocycles. The first kappa shape index (κ1) is 13.7. The highest BCUT2D eigenvalue weighted by Crippen LogP contribution is 2.19. The summed E-state index contributed by atoms with van der Waals surface area (Å²) in [5.41, 5.74) is 6.03. The van der Waals surface area contributed by atoms with Crippen molar-refractivity contribution in [1.82, 2.24) is 9.88 Å². The van der Waals surface area contributed by atoms with Crippen LogP contribution < -0.4 is 10.5 Å². The van der Waals surface area contributed by atoms with E-state index in [1.807, 2.05) is 0 Å². The number of amides is 1.